The number of hydrogen-bond acceptors (Lipinski definition) is 2. The molecule has 194 valence electrons. The molecule has 0 amide bonds. The van der Waals surface area contributed by atoms with Gasteiger partial charge in [-0.2, -0.15) is 0 Å². The summed E-state index contributed by atoms with van der Waals surface area (Å²) < 4.78 is 7.41. The number of imidazole rings is 1. The zero-order chi connectivity index (χ0) is 26.9. The lowest BCUT2D eigenvalue weighted by molar-refractivity contribution is 0.936. The summed E-state index contributed by atoms with van der Waals surface area (Å²) in [6, 6.07) is 41.7. The van der Waals surface area contributed by atoms with E-state index in [1.54, 1.807) is 0 Å². The first-order valence-corrected chi connectivity index (χ1v) is 14.9. The predicted molar refractivity (Wildman–Crippen MR) is 174 cm³/mol. The van der Waals surface area contributed by atoms with Crippen LogP contribution in [-0.4, -0.2) is 14.1 Å². The highest BCUT2D eigenvalue weighted by Gasteiger charge is 2.21. The second-order valence-electron chi connectivity index (χ2n) is 10.7. The lowest BCUT2D eigenvalue weighted by Crippen LogP contribution is -2.02. The predicted octanol–water partition coefficient (Wildman–Crippen LogP) is 9.96. The summed E-state index contributed by atoms with van der Waals surface area (Å²) in [5, 5.41) is 5.30. The van der Waals surface area contributed by atoms with Gasteiger partial charge in [-0.1, -0.05) is 66.7 Å². The zero-order valence-electron chi connectivity index (χ0n) is 22.3. The van der Waals surface area contributed by atoms with Crippen molar-refractivity contribution in [1.82, 2.24) is 14.1 Å². The Kier molecular flexibility index (Phi) is 4.89. The second-order valence-corrected chi connectivity index (χ2v) is 11.8. The van der Waals surface area contributed by atoms with Crippen LogP contribution >= 0.6 is 11.3 Å². The Balaban J connectivity index is 1.25. The second kappa shape index (κ2) is 8.79. The number of thiophene rings is 1. The minimum atomic E-state index is 0.976. The van der Waals surface area contributed by atoms with Crippen LogP contribution in [-0.2, 0) is 6.42 Å². The summed E-state index contributed by atoms with van der Waals surface area (Å²) in [4.78, 5) is 5.15. The molecule has 0 spiro atoms. The SMILES string of the molecule is C1=Cc2c(nc(-c3ccc(-n4c5ccccc5c5c6sc7ccccc7c6ccc54)cc3)n2-c2ccccc2)CC1. The number of para-hydroxylation sites is 2. The fraction of sp³-hybridized carbons (Fsp3) is 0.0541. The van der Waals surface area contributed by atoms with Crippen molar-refractivity contribution in [3.63, 3.8) is 0 Å². The molecule has 0 N–H and O–H groups in total. The van der Waals surface area contributed by atoms with Gasteiger partial charge in [0.15, 0.2) is 0 Å². The molecule has 0 aliphatic heterocycles. The van der Waals surface area contributed by atoms with Crippen LogP contribution in [0.5, 0.6) is 0 Å². The molecule has 0 unspecified atom stereocenters. The van der Waals surface area contributed by atoms with E-state index in [-0.39, 0.29) is 0 Å². The normalized spacial score (nSPS) is 13.1. The minimum absolute atomic E-state index is 0.976. The summed E-state index contributed by atoms with van der Waals surface area (Å²) in [7, 11) is 0. The van der Waals surface area contributed by atoms with Crippen molar-refractivity contribution in [1.29, 1.82) is 0 Å². The summed E-state index contributed by atoms with van der Waals surface area (Å²) in [6.07, 6.45) is 6.50. The minimum Gasteiger partial charge on any atom is -0.309 e. The van der Waals surface area contributed by atoms with E-state index in [1.807, 2.05) is 11.3 Å². The third-order valence-corrected chi connectivity index (χ3v) is 9.60. The Labute approximate surface area is 241 Å². The van der Waals surface area contributed by atoms with Crippen LogP contribution in [0.25, 0.3) is 70.8 Å². The van der Waals surface area contributed by atoms with Gasteiger partial charge in [-0.15, -0.1) is 11.3 Å². The number of aryl methyl sites for hydroxylation is 1. The van der Waals surface area contributed by atoms with Gasteiger partial charge in [0.25, 0.3) is 0 Å². The zero-order valence-corrected chi connectivity index (χ0v) is 23.1. The van der Waals surface area contributed by atoms with Crippen molar-refractivity contribution in [2.75, 3.05) is 0 Å². The van der Waals surface area contributed by atoms with Crippen molar-refractivity contribution in [3.8, 4) is 22.8 Å². The van der Waals surface area contributed by atoms with Gasteiger partial charge >= 0.3 is 0 Å². The van der Waals surface area contributed by atoms with E-state index in [0.717, 1.165) is 35.6 Å². The third kappa shape index (κ3) is 3.35. The lowest BCUT2D eigenvalue weighted by Gasteiger charge is -2.13. The quantitative estimate of drug-likeness (QED) is 0.217. The first kappa shape index (κ1) is 22.8. The Morgan fingerprint density at radius 3 is 2.24 bits per heavy atom. The fourth-order valence-electron chi connectivity index (χ4n) is 6.55. The molecule has 0 fully saturated rings. The average Bonchev–Trinajstić information content (AvgIpc) is 3.71. The molecule has 0 saturated heterocycles. The monoisotopic (exact) mass is 543 g/mol. The van der Waals surface area contributed by atoms with Gasteiger partial charge in [-0.3, -0.25) is 4.57 Å². The number of rotatable bonds is 3. The molecule has 41 heavy (non-hydrogen) atoms. The van der Waals surface area contributed by atoms with Crippen LogP contribution in [0.4, 0.5) is 0 Å². The van der Waals surface area contributed by atoms with Crippen LogP contribution < -0.4 is 0 Å². The van der Waals surface area contributed by atoms with Gasteiger partial charge in [0.05, 0.1) is 22.4 Å². The molecular formula is C37H25N3S. The van der Waals surface area contributed by atoms with E-state index in [1.165, 1.54) is 53.4 Å². The average molecular weight is 544 g/mol. The smallest absolute Gasteiger partial charge is 0.145 e. The molecule has 3 heterocycles. The van der Waals surface area contributed by atoms with Gasteiger partial charge < -0.3 is 4.57 Å². The highest BCUT2D eigenvalue weighted by atomic mass is 32.1. The number of nitrogens with zero attached hydrogens (tertiary/aromatic N) is 3. The van der Waals surface area contributed by atoms with Crippen molar-refractivity contribution < 1.29 is 0 Å². The van der Waals surface area contributed by atoms with E-state index in [0.29, 0.717) is 0 Å². The summed E-state index contributed by atoms with van der Waals surface area (Å²) >= 11 is 1.90. The molecule has 0 bridgehead atoms. The topological polar surface area (TPSA) is 22.8 Å². The molecule has 8 aromatic rings. The Bertz CT molecular complexity index is 2300. The van der Waals surface area contributed by atoms with Crippen molar-refractivity contribution in [3.05, 3.63) is 133 Å². The summed E-state index contributed by atoms with van der Waals surface area (Å²) in [5.74, 6) is 0.994. The number of allylic oxidation sites excluding steroid dienone is 1. The third-order valence-electron chi connectivity index (χ3n) is 8.39. The van der Waals surface area contributed by atoms with Gasteiger partial charge in [0, 0.05) is 47.9 Å². The molecule has 0 atom stereocenters. The molecule has 0 radical (unpaired) electrons. The van der Waals surface area contributed by atoms with Crippen LogP contribution in [0, 0.1) is 0 Å². The van der Waals surface area contributed by atoms with Crippen LogP contribution in [0.2, 0.25) is 0 Å². The van der Waals surface area contributed by atoms with Crippen molar-refractivity contribution >= 4 is 59.4 Å². The number of hydrogen-bond donors (Lipinski definition) is 0. The molecule has 4 heteroatoms. The number of aromatic nitrogens is 3. The van der Waals surface area contributed by atoms with Gasteiger partial charge in [-0.05, 0) is 73.5 Å². The van der Waals surface area contributed by atoms with Gasteiger partial charge in [0.2, 0.25) is 0 Å². The number of fused-ring (bicyclic) bond motifs is 8. The molecule has 1 aliphatic carbocycles. The Hall–Kier alpha value is -4.93. The van der Waals surface area contributed by atoms with E-state index in [9.17, 15) is 0 Å². The molecule has 3 nitrogen and oxygen atoms in total. The summed E-state index contributed by atoms with van der Waals surface area (Å²) in [5.41, 5.74) is 8.25. The molecule has 1 aliphatic rings. The lowest BCUT2D eigenvalue weighted by atomic mass is 10.1. The maximum absolute atomic E-state index is 5.15. The van der Waals surface area contributed by atoms with Crippen LogP contribution in [0.3, 0.4) is 0 Å². The highest BCUT2D eigenvalue weighted by molar-refractivity contribution is 7.26. The maximum atomic E-state index is 5.15. The van der Waals surface area contributed by atoms with E-state index < -0.39 is 0 Å². The van der Waals surface area contributed by atoms with Gasteiger partial charge in [0.1, 0.15) is 5.82 Å². The maximum Gasteiger partial charge on any atom is 0.145 e. The van der Waals surface area contributed by atoms with E-state index >= 15 is 0 Å². The van der Waals surface area contributed by atoms with Crippen molar-refractivity contribution in [2.45, 2.75) is 12.8 Å². The highest BCUT2D eigenvalue weighted by Crippen LogP contribution is 2.43. The van der Waals surface area contributed by atoms with E-state index in [4.69, 9.17) is 4.98 Å². The Morgan fingerprint density at radius 1 is 0.610 bits per heavy atom. The van der Waals surface area contributed by atoms with E-state index in [2.05, 4.69) is 137 Å². The van der Waals surface area contributed by atoms with Crippen LogP contribution in [0.15, 0.2) is 121 Å². The molecule has 0 saturated carbocycles. The van der Waals surface area contributed by atoms with Gasteiger partial charge in [-0.25, -0.2) is 4.98 Å². The molecule has 3 aromatic heterocycles. The molecule has 9 rings (SSSR count). The first-order chi connectivity index (χ1) is 20.3. The fourth-order valence-corrected chi connectivity index (χ4v) is 7.81. The first-order valence-electron chi connectivity index (χ1n) is 14.1. The molecule has 5 aromatic carbocycles. The Morgan fingerprint density at radius 2 is 1.37 bits per heavy atom. The van der Waals surface area contributed by atoms with Crippen LogP contribution in [0.1, 0.15) is 17.8 Å². The van der Waals surface area contributed by atoms with Crippen molar-refractivity contribution in [2.24, 2.45) is 0 Å². The summed E-state index contributed by atoms with van der Waals surface area (Å²) in [6.45, 7) is 0. The largest absolute Gasteiger partial charge is 0.309 e. The number of benzene rings is 5. The standard InChI is InChI=1S/C37H25N3S/c1-2-10-25(11-3-1)40-32-16-8-6-14-30(32)38-37(40)24-18-20-26(21-19-24)39-31-15-7-4-13-29(31)35-33(39)23-22-28-27-12-5-9-17-34(27)41-36(28)35/h1-5,7-13,15-23H,6,14H2. The molecular weight excluding hydrogens is 518 g/mol.